The molecule has 0 fully saturated rings. The largest absolute Gasteiger partial charge is 0.310 e. The highest BCUT2D eigenvalue weighted by Crippen LogP contribution is 2.53. The summed E-state index contributed by atoms with van der Waals surface area (Å²) >= 11 is 0.704. The summed E-state index contributed by atoms with van der Waals surface area (Å²) in [5, 5.41) is 10.1. The maximum absolute atomic E-state index is 11.1. The molecule has 0 radical (unpaired) electrons. The maximum atomic E-state index is 11.1. The molecule has 0 bridgehead atoms. The predicted molar refractivity (Wildman–Crippen MR) is 225 cm³/mol. The lowest BCUT2D eigenvalue weighted by molar-refractivity contribution is 0.591. The van der Waals surface area contributed by atoms with Gasteiger partial charge in [-0.15, -0.1) is 11.3 Å². The standard InChI is InChI=1S/C47H31BN4S/c1-47(2,3)28-21-22-36-34(25-28)48-33-15-10-18-38-45(33)52(37-17-8-13-31-29-11-4-6-16-35(29)51(38)44(31)37)41-24-27(26-49)23-40(43(41)48)50(36)39-19-9-14-32-30-12-5-7-20-42(30)53-46(32)39/h4-25H,1-3H3/i4D,5D,6D,7D,8D,9D,10D,11D,12D,13D,14D,15D,16D,17D,18D,19D,20D,21D,22D,23D,24D,25D. The number of hydrogen-bond donors (Lipinski definition) is 0. The quantitative estimate of drug-likeness (QED) is 0.159. The SMILES string of the molecule is [2H]c1c([2H])c2c3c(c1[2H])-n1c4c([2H])c([2H])c([2H])c([2H])c4c4c([2H])c([2H])c([2H])c(c41)N3c1c([2H])c(C#N)c([2H])c3c1B2c1c([2H])c(C(C)(C)C)c([2H])c([2H])c1N3c1c([2H])c([2H])c([2H])c2c1sc1c([2H])c([2H])c([2H])c([2H])c12. The Labute approximate surface area is 342 Å². The van der Waals surface area contributed by atoms with Gasteiger partial charge in [0.25, 0.3) is 6.71 Å². The van der Waals surface area contributed by atoms with Crippen molar-refractivity contribution in [3.63, 3.8) is 0 Å². The molecule has 0 atom stereocenters. The fourth-order valence-corrected chi connectivity index (χ4v) is 8.94. The first-order chi connectivity index (χ1) is 35.1. The molecule has 3 aliphatic heterocycles. The van der Waals surface area contributed by atoms with Crippen LogP contribution in [0.4, 0.5) is 34.1 Å². The van der Waals surface area contributed by atoms with Gasteiger partial charge in [0.15, 0.2) is 0 Å². The Morgan fingerprint density at radius 3 is 2.15 bits per heavy atom. The molecule has 0 aliphatic carbocycles. The molecular formula is C47H31BN4S. The van der Waals surface area contributed by atoms with E-state index in [1.54, 1.807) is 20.8 Å². The summed E-state index contributed by atoms with van der Waals surface area (Å²) < 4.78 is 207. The zero-order valence-electron chi connectivity index (χ0n) is 49.8. The Bertz CT molecular complexity index is 4420. The normalized spacial score (nSPS) is 19.6. The second-order valence-electron chi connectivity index (χ2n) is 13.9. The van der Waals surface area contributed by atoms with Crippen LogP contribution in [0.25, 0.3) is 47.7 Å². The Hall–Kier alpha value is -6.29. The van der Waals surface area contributed by atoms with E-state index in [0.29, 0.717) is 11.3 Å². The summed E-state index contributed by atoms with van der Waals surface area (Å²) in [4.78, 5) is 2.27. The molecule has 248 valence electrons. The Morgan fingerprint density at radius 2 is 1.32 bits per heavy atom. The van der Waals surface area contributed by atoms with Crippen LogP contribution in [0.3, 0.4) is 0 Å². The van der Waals surface area contributed by atoms with Crippen LogP contribution in [0.15, 0.2) is 133 Å². The highest BCUT2D eigenvalue weighted by molar-refractivity contribution is 7.26. The van der Waals surface area contributed by atoms with Gasteiger partial charge in [-0.05, 0) is 75.7 Å². The van der Waals surface area contributed by atoms with Crippen LogP contribution in [0.2, 0.25) is 0 Å². The van der Waals surface area contributed by atoms with E-state index >= 15 is 0 Å². The third-order valence-electron chi connectivity index (χ3n) is 10.1. The predicted octanol–water partition coefficient (Wildman–Crippen LogP) is 10.7. The first kappa shape index (κ1) is 15.4. The van der Waals surface area contributed by atoms with Crippen molar-refractivity contribution in [2.24, 2.45) is 0 Å². The number of rotatable bonds is 1. The molecule has 6 heteroatoms. The lowest BCUT2D eigenvalue weighted by Crippen LogP contribution is -2.62. The number of aromatic nitrogens is 1. The van der Waals surface area contributed by atoms with Gasteiger partial charge in [-0.2, -0.15) is 5.26 Å². The van der Waals surface area contributed by atoms with Crippen molar-refractivity contribution in [3.8, 4) is 11.8 Å². The van der Waals surface area contributed by atoms with E-state index in [9.17, 15) is 25.8 Å². The lowest BCUT2D eigenvalue weighted by Gasteiger charge is -2.46. The fourth-order valence-electron chi connectivity index (χ4n) is 7.89. The highest BCUT2D eigenvalue weighted by Gasteiger charge is 2.46. The number of thiophene rings is 1. The van der Waals surface area contributed by atoms with Crippen molar-refractivity contribution >= 4 is 111 Å². The molecule has 9 aromatic rings. The molecule has 0 unspecified atom stereocenters. The Balaban J connectivity index is 1.40. The monoisotopic (exact) mass is 716 g/mol. The molecule has 0 saturated heterocycles. The highest BCUT2D eigenvalue weighted by atomic mass is 32.1. The average molecular weight is 717 g/mol. The second-order valence-corrected chi connectivity index (χ2v) is 15.0. The molecule has 4 nitrogen and oxygen atoms in total. The van der Waals surface area contributed by atoms with Crippen LogP contribution < -0.4 is 26.2 Å². The van der Waals surface area contributed by atoms with E-state index in [1.807, 2.05) is 6.07 Å². The lowest BCUT2D eigenvalue weighted by atomic mass is 9.33. The van der Waals surface area contributed by atoms with E-state index < -0.39 is 168 Å². The van der Waals surface area contributed by atoms with Gasteiger partial charge in [-0.1, -0.05) is 105 Å². The third kappa shape index (κ3) is 3.65. The van der Waals surface area contributed by atoms with Gasteiger partial charge in [0.1, 0.15) is 0 Å². The van der Waals surface area contributed by atoms with Gasteiger partial charge >= 0.3 is 0 Å². The molecule has 5 heterocycles. The van der Waals surface area contributed by atoms with Gasteiger partial charge in [-0.3, -0.25) is 0 Å². The molecule has 0 saturated carbocycles. The van der Waals surface area contributed by atoms with Gasteiger partial charge in [0.05, 0.1) is 80.3 Å². The number of fused-ring (bicyclic) bond motifs is 12. The van der Waals surface area contributed by atoms with E-state index in [0.717, 1.165) is 4.90 Å². The first-order valence-corrected chi connectivity index (χ1v) is 17.3. The van der Waals surface area contributed by atoms with Crippen molar-refractivity contribution in [2.75, 3.05) is 9.80 Å². The van der Waals surface area contributed by atoms with Crippen LogP contribution >= 0.6 is 11.3 Å². The summed E-state index contributed by atoms with van der Waals surface area (Å²) in [5.41, 5.74) is -5.76. The number of hydrogen-bond acceptors (Lipinski definition) is 4. The minimum absolute atomic E-state index is 0.0211. The van der Waals surface area contributed by atoms with Crippen molar-refractivity contribution < 1.29 is 30.2 Å². The molecule has 0 N–H and O–H groups in total. The summed E-state index contributed by atoms with van der Waals surface area (Å²) in [6, 6.07) is -12.8. The summed E-state index contributed by atoms with van der Waals surface area (Å²) in [5.74, 6) is 0. The van der Waals surface area contributed by atoms with E-state index in [4.69, 9.17) is 9.60 Å². The zero-order valence-corrected chi connectivity index (χ0v) is 28.6. The first-order valence-electron chi connectivity index (χ1n) is 27.5. The smallest absolute Gasteiger partial charge is 0.252 e. The number of anilines is 6. The van der Waals surface area contributed by atoms with Crippen LogP contribution in [0.5, 0.6) is 0 Å². The maximum Gasteiger partial charge on any atom is 0.252 e. The van der Waals surface area contributed by atoms with Gasteiger partial charge < -0.3 is 14.4 Å². The molecule has 0 spiro atoms. The van der Waals surface area contributed by atoms with Gasteiger partial charge in [0.2, 0.25) is 0 Å². The number of benzene rings is 7. The zero-order chi connectivity index (χ0) is 54.5. The molecule has 3 aliphatic rings. The van der Waals surface area contributed by atoms with E-state index in [-0.39, 0.29) is 86.7 Å². The van der Waals surface area contributed by atoms with Crippen LogP contribution in [0, 0.1) is 11.3 Å². The molecule has 53 heavy (non-hydrogen) atoms. The number of para-hydroxylation sites is 3. The van der Waals surface area contributed by atoms with Crippen LogP contribution in [-0.4, -0.2) is 11.3 Å². The second kappa shape index (κ2) is 9.98. The van der Waals surface area contributed by atoms with Crippen molar-refractivity contribution in [1.82, 2.24) is 4.57 Å². The van der Waals surface area contributed by atoms with Crippen LogP contribution in [-0.2, 0) is 5.41 Å². The molecule has 12 rings (SSSR count). The molecule has 0 amide bonds. The Morgan fingerprint density at radius 1 is 0.623 bits per heavy atom. The van der Waals surface area contributed by atoms with E-state index in [1.165, 1.54) is 9.47 Å². The minimum atomic E-state index is -1.69. The third-order valence-corrected chi connectivity index (χ3v) is 11.2. The molecular weight excluding hydrogens is 663 g/mol. The molecule has 2 aromatic heterocycles. The summed E-state index contributed by atoms with van der Waals surface area (Å²) in [6.07, 6.45) is 0. The average Bonchev–Trinajstić information content (AvgIpc) is 3.94. The summed E-state index contributed by atoms with van der Waals surface area (Å²) in [6.45, 7) is 3.35. The van der Waals surface area contributed by atoms with Crippen LogP contribution in [0.1, 0.15) is 62.1 Å². The number of nitriles is 1. The van der Waals surface area contributed by atoms with Crippen molar-refractivity contribution in [3.05, 3.63) is 144 Å². The minimum Gasteiger partial charge on any atom is -0.310 e. The summed E-state index contributed by atoms with van der Waals surface area (Å²) in [7, 11) is 0. The fraction of sp³-hybridized carbons (Fsp3) is 0.0851. The van der Waals surface area contributed by atoms with E-state index in [2.05, 4.69) is 0 Å². The van der Waals surface area contributed by atoms with Gasteiger partial charge in [-0.25, -0.2) is 0 Å². The van der Waals surface area contributed by atoms with Crippen molar-refractivity contribution in [1.29, 1.82) is 5.26 Å². The number of nitrogens with zero attached hydrogens (tertiary/aromatic N) is 4. The molecule has 7 aromatic carbocycles. The van der Waals surface area contributed by atoms with Crippen molar-refractivity contribution in [2.45, 2.75) is 26.2 Å². The van der Waals surface area contributed by atoms with Gasteiger partial charge in [0, 0.05) is 43.3 Å². The topological polar surface area (TPSA) is 35.2 Å². The Kier molecular flexibility index (Phi) is 2.89.